The summed E-state index contributed by atoms with van der Waals surface area (Å²) in [6.45, 7) is 3.34. The van der Waals surface area contributed by atoms with E-state index in [1.54, 1.807) is 19.9 Å². The van der Waals surface area contributed by atoms with Gasteiger partial charge < -0.3 is 9.84 Å². The highest BCUT2D eigenvalue weighted by atomic mass is 19.1. The minimum atomic E-state index is -1.25. The first kappa shape index (κ1) is 11.7. The first-order valence-electron chi connectivity index (χ1n) is 4.53. The maximum atomic E-state index is 13.4. The van der Waals surface area contributed by atoms with Gasteiger partial charge in [0.1, 0.15) is 5.82 Å². The van der Waals surface area contributed by atoms with E-state index in [4.69, 9.17) is 9.84 Å². The summed E-state index contributed by atoms with van der Waals surface area (Å²) < 4.78 is 18.5. The molecule has 1 atom stereocenters. The molecule has 0 heterocycles. The molecule has 4 heteroatoms. The second-order valence-corrected chi connectivity index (χ2v) is 3.38. The number of aromatic carboxylic acids is 1. The van der Waals surface area contributed by atoms with Crippen molar-refractivity contribution >= 4 is 5.97 Å². The van der Waals surface area contributed by atoms with Gasteiger partial charge in [-0.3, -0.25) is 0 Å². The summed E-state index contributed by atoms with van der Waals surface area (Å²) in [6.07, 6.45) is -0.249. The molecule has 15 heavy (non-hydrogen) atoms. The van der Waals surface area contributed by atoms with Crippen molar-refractivity contribution < 1.29 is 19.0 Å². The molecule has 1 N–H and O–H groups in total. The molecule has 3 nitrogen and oxygen atoms in total. The molecule has 0 aliphatic rings. The fraction of sp³-hybridized carbons (Fsp3) is 0.364. The Labute approximate surface area is 87.5 Å². The van der Waals surface area contributed by atoms with Crippen molar-refractivity contribution in [3.8, 4) is 0 Å². The lowest BCUT2D eigenvalue weighted by Gasteiger charge is -2.12. The minimum Gasteiger partial charge on any atom is -0.478 e. The van der Waals surface area contributed by atoms with E-state index in [0.717, 1.165) is 0 Å². The zero-order valence-electron chi connectivity index (χ0n) is 8.87. The van der Waals surface area contributed by atoms with Gasteiger partial charge in [0.2, 0.25) is 0 Å². The zero-order chi connectivity index (χ0) is 11.6. The lowest BCUT2D eigenvalue weighted by Crippen LogP contribution is -2.06. The van der Waals surface area contributed by atoms with E-state index in [2.05, 4.69) is 0 Å². The molecule has 1 unspecified atom stereocenters. The number of carboxylic acid groups (broad SMARTS) is 1. The molecule has 0 saturated heterocycles. The average Bonchev–Trinajstić information content (AvgIpc) is 2.14. The van der Waals surface area contributed by atoms with E-state index in [-0.39, 0.29) is 11.7 Å². The van der Waals surface area contributed by atoms with Crippen LogP contribution in [0.25, 0.3) is 0 Å². The Kier molecular flexibility index (Phi) is 3.42. The predicted octanol–water partition coefficient (Wildman–Crippen LogP) is 2.54. The average molecular weight is 212 g/mol. The molecule has 82 valence electrons. The second-order valence-electron chi connectivity index (χ2n) is 3.38. The SMILES string of the molecule is COC(C)c1cc(C)c(C(=O)O)c(F)c1. The minimum absolute atomic E-state index is 0.249. The third-order valence-electron chi connectivity index (χ3n) is 2.35. The number of hydrogen-bond donors (Lipinski definition) is 1. The van der Waals surface area contributed by atoms with Crippen molar-refractivity contribution in [3.05, 3.63) is 34.6 Å². The van der Waals surface area contributed by atoms with E-state index in [1.807, 2.05) is 0 Å². The first-order valence-corrected chi connectivity index (χ1v) is 4.53. The van der Waals surface area contributed by atoms with Gasteiger partial charge in [-0.1, -0.05) is 6.07 Å². The maximum absolute atomic E-state index is 13.4. The zero-order valence-corrected chi connectivity index (χ0v) is 8.87. The van der Waals surface area contributed by atoms with Gasteiger partial charge >= 0.3 is 5.97 Å². The van der Waals surface area contributed by atoms with Crippen LogP contribution in [0, 0.1) is 12.7 Å². The Morgan fingerprint density at radius 3 is 2.53 bits per heavy atom. The number of carboxylic acids is 1. The third-order valence-corrected chi connectivity index (χ3v) is 2.35. The van der Waals surface area contributed by atoms with Gasteiger partial charge in [0.15, 0.2) is 0 Å². The van der Waals surface area contributed by atoms with Crippen LogP contribution in [0.5, 0.6) is 0 Å². The molecule has 1 aromatic rings. The fourth-order valence-corrected chi connectivity index (χ4v) is 1.41. The first-order chi connectivity index (χ1) is 6.97. The lowest BCUT2D eigenvalue weighted by molar-refractivity contribution is 0.0690. The molecular formula is C11H13FO3. The van der Waals surface area contributed by atoms with Crippen LogP contribution in [0.4, 0.5) is 4.39 Å². The molecule has 1 aromatic carbocycles. The standard InChI is InChI=1S/C11H13FO3/c1-6-4-8(7(2)15-3)5-9(12)10(6)11(13)14/h4-5,7H,1-3H3,(H,13,14). The molecule has 0 radical (unpaired) electrons. The highest BCUT2D eigenvalue weighted by molar-refractivity contribution is 5.89. The van der Waals surface area contributed by atoms with Crippen molar-refractivity contribution in [2.45, 2.75) is 20.0 Å². The van der Waals surface area contributed by atoms with Gasteiger partial charge in [-0.25, -0.2) is 9.18 Å². The van der Waals surface area contributed by atoms with Crippen LogP contribution in [0.1, 0.15) is 34.5 Å². The maximum Gasteiger partial charge on any atom is 0.338 e. The van der Waals surface area contributed by atoms with E-state index in [0.29, 0.717) is 11.1 Å². The normalized spacial score (nSPS) is 12.5. The summed E-state index contributed by atoms with van der Waals surface area (Å²) in [7, 11) is 1.52. The number of aryl methyl sites for hydroxylation is 1. The Hall–Kier alpha value is -1.42. The molecule has 0 spiro atoms. The van der Waals surface area contributed by atoms with Gasteiger partial charge in [0.05, 0.1) is 11.7 Å². The molecule has 0 aliphatic heterocycles. The summed E-state index contributed by atoms with van der Waals surface area (Å²) in [5, 5.41) is 8.76. The van der Waals surface area contributed by atoms with Crippen molar-refractivity contribution in [2.75, 3.05) is 7.11 Å². The van der Waals surface area contributed by atoms with Crippen molar-refractivity contribution in [1.82, 2.24) is 0 Å². The Bertz CT molecular complexity index is 364. The van der Waals surface area contributed by atoms with Crippen molar-refractivity contribution in [1.29, 1.82) is 0 Å². The van der Waals surface area contributed by atoms with Crippen LogP contribution in [0.15, 0.2) is 12.1 Å². The smallest absolute Gasteiger partial charge is 0.338 e. The Morgan fingerprint density at radius 2 is 2.13 bits per heavy atom. The van der Waals surface area contributed by atoms with E-state index >= 15 is 0 Å². The van der Waals surface area contributed by atoms with Crippen LogP contribution >= 0.6 is 0 Å². The van der Waals surface area contributed by atoms with E-state index in [9.17, 15) is 9.18 Å². The van der Waals surface area contributed by atoms with Crippen LogP contribution < -0.4 is 0 Å². The quantitative estimate of drug-likeness (QED) is 0.837. The Balaban J connectivity index is 3.25. The number of rotatable bonds is 3. The number of benzene rings is 1. The summed E-state index contributed by atoms with van der Waals surface area (Å²) in [5.74, 6) is -1.97. The molecular weight excluding hydrogens is 199 g/mol. The monoisotopic (exact) mass is 212 g/mol. The molecule has 0 aliphatic carbocycles. The fourth-order valence-electron chi connectivity index (χ4n) is 1.41. The van der Waals surface area contributed by atoms with Crippen LogP contribution in [0.2, 0.25) is 0 Å². The number of carbonyl (C=O) groups is 1. The van der Waals surface area contributed by atoms with Gasteiger partial charge in [0, 0.05) is 7.11 Å². The molecule has 1 rings (SSSR count). The van der Waals surface area contributed by atoms with Crippen molar-refractivity contribution in [2.24, 2.45) is 0 Å². The van der Waals surface area contributed by atoms with E-state index in [1.165, 1.54) is 13.2 Å². The molecule has 0 amide bonds. The second kappa shape index (κ2) is 4.40. The summed E-state index contributed by atoms with van der Waals surface area (Å²) in [5.41, 5.74) is 0.765. The van der Waals surface area contributed by atoms with Crippen molar-refractivity contribution in [3.63, 3.8) is 0 Å². The summed E-state index contributed by atoms with van der Waals surface area (Å²) >= 11 is 0. The topological polar surface area (TPSA) is 46.5 Å². The van der Waals surface area contributed by atoms with Gasteiger partial charge in [-0.15, -0.1) is 0 Å². The van der Waals surface area contributed by atoms with Crippen LogP contribution in [-0.2, 0) is 4.74 Å². The molecule has 0 saturated carbocycles. The van der Waals surface area contributed by atoms with Gasteiger partial charge in [-0.2, -0.15) is 0 Å². The summed E-state index contributed by atoms with van der Waals surface area (Å²) in [4.78, 5) is 10.7. The van der Waals surface area contributed by atoms with Gasteiger partial charge in [0.25, 0.3) is 0 Å². The van der Waals surface area contributed by atoms with Gasteiger partial charge in [-0.05, 0) is 31.0 Å². The predicted molar refractivity (Wildman–Crippen MR) is 53.5 cm³/mol. The summed E-state index contributed by atoms with van der Waals surface area (Å²) in [6, 6.07) is 2.82. The van der Waals surface area contributed by atoms with E-state index < -0.39 is 11.8 Å². The van der Waals surface area contributed by atoms with Crippen LogP contribution in [-0.4, -0.2) is 18.2 Å². The third kappa shape index (κ3) is 2.33. The molecule has 0 aromatic heterocycles. The molecule has 0 fully saturated rings. The Morgan fingerprint density at radius 1 is 1.53 bits per heavy atom. The number of hydrogen-bond acceptors (Lipinski definition) is 2. The molecule has 0 bridgehead atoms. The lowest BCUT2D eigenvalue weighted by atomic mass is 10.0. The number of methoxy groups -OCH3 is 1. The van der Waals surface area contributed by atoms with Crippen LogP contribution in [0.3, 0.4) is 0 Å². The number of ether oxygens (including phenoxy) is 1. The highest BCUT2D eigenvalue weighted by Crippen LogP contribution is 2.22. The highest BCUT2D eigenvalue weighted by Gasteiger charge is 2.16. The number of halogens is 1. The largest absolute Gasteiger partial charge is 0.478 e.